The van der Waals surface area contributed by atoms with Crippen LogP contribution < -0.4 is 14.8 Å². The zero-order chi connectivity index (χ0) is 19.9. The third-order valence-electron chi connectivity index (χ3n) is 3.81. The van der Waals surface area contributed by atoms with Gasteiger partial charge in [0.1, 0.15) is 6.61 Å². The standard InChI is InChI=1S/C20H19NO7/c1-2-25-19(23)13-7-3-4-8-14(13)21-18(22)12-27-20(24)17-11-26-15-9-5-6-10-16(15)28-17/h3-10,17H,2,11-12H2,1H3,(H,21,22)/t17-/m0/s1. The number of para-hydroxylation sites is 3. The van der Waals surface area contributed by atoms with E-state index in [1.54, 1.807) is 49.4 Å². The number of anilines is 1. The van der Waals surface area contributed by atoms with Gasteiger partial charge in [0.25, 0.3) is 5.91 Å². The molecule has 0 aromatic heterocycles. The lowest BCUT2D eigenvalue weighted by atomic mass is 10.2. The summed E-state index contributed by atoms with van der Waals surface area (Å²) in [4.78, 5) is 36.2. The van der Waals surface area contributed by atoms with Crippen molar-refractivity contribution in [3.63, 3.8) is 0 Å². The Labute approximate surface area is 161 Å². The number of fused-ring (bicyclic) bond motifs is 1. The van der Waals surface area contributed by atoms with Crippen molar-refractivity contribution >= 4 is 23.5 Å². The predicted octanol–water partition coefficient (Wildman–Crippen LogP) is 2.18. The fourth-order valence-corrected chi connectivity index (χ4v) is 2.53. The maximum absolute atomic E-state index is 12.1. The highest BCUT2D eigenvalue weighted by Crippen LogP contribution is 2.31. The number of ether oxygens (including phenoxy) is 4. The van der Waals surface area contributed by atoms with Gasteiger partial charge in [-0.15, -0.1) is 0 Å². The van der Waals surface area contributed by atoms with Gasteiger partial charge in [0.2, 0.25) is 6.10 Å². The highest BCUT2D eigenvalue weighted by atomic mass is 16.6. The molecule has 0 unspecified atom stereocenters. The van der Waals surface area contributed by atoms with Crippen molar-refractivity contribution in [3.05, 3.63) is 54.1 Å². The van der Waals surface area contributed by atoms with Crippen LogP contribution in [0, 0.1) is 0 Å². The average Bonchev–Trinajstić information content (AvgIpc) is 2.72. The van der Waals surface area contributed by atoms with E-state index in [4.69, 9.17) is 18.9 Å². The molecule has 8 heteroatoms. The molecule has 3 rings (SSSR count). The van der Waals surface area contributed by atoms with Crippen molar-refractivity contribution in [2.45, 2.75) is 13.0 Å². The highest BCUT2D eigenvalue weighted by Gasteiger charge is 2.29. The molecule has 2 aromatic rings. The van der Waals surface area contributed by atoms with E-state index in [9.17, 15) is 14.4 Å². The number of nitrogens with one attached hydrogen (secondary N) is 1. The van der Waals surface area contributed by atoms with E-state index < -0.39 is 30.6 Å². The Balaban J connectivity index is 1.54. The Kier molecular flexibility index (Phi) is 6.11. The van der Waals surface area contributed by atoms with Gasteiger partial charge in [-0.05, 0) is 31.2 Å². The second-order valence-electron chi connectivity index (χ2n) is 5.79. The Morgan fingerprint density at radius 2 is 1.75 bits per heavy atom. The van der Waals surface area contributed by atoms with Crippen LogP contribution in [-0.2, 0) is 19.1 Å². The van der Waals surface area contributed by atoms with Crippen molar-refractivity contribution in [1.82, 2.24) is 0 Å². The van der Waals surface area contributed by atoms with E-state index in [0.29, 0.717) is 11.5 Å². The Hall–Kier alpha value is -3.55. The predicted molar refractivity (Wildman–Crippen MR) is 98.3 cm³/mol. The molecule has 8 nitrogen and oxygen atoms in total. The van der Waals surface area contributed by atoms with Crippen molar-refractivity contribution < 1.29 is 33.3 Å². The Bertz CT molecular complexity index is 880. The summed E-state index contributed by atoms with van der Waals surface area (Å²) >= 11 is 0. The molecule has 1 heterocycles. The monoisotopic (exact) mass is 385 g/mol. The fourth-order valence-electron chi connectivity index (χ4n) is 2.53. The molecule has 28 heavy (non-hydrogen) atoms. The van der Waals surface area contributed by atoms with Crippen LogP contribution in [0.1, 0.15) is 17.3 Å². The van der Waals surface area contributed by atoms with Gasteiger partial charge < -0.3 is 24.3 Å². The van der Waals surface area contributed by atoms with Crippen LogP contribution in [0.3, 0.4) is 0 Å². The van der Waals surface area contributed by atoms with Gasteiger partial charge in [0, 0.05) is 0 Å². The normalized spacial score (nSPS) is 14.7. The summed E-state index contributed by atoms with van der Waals surface area (Å²) in [6.45, 7) is 1.36. The lowest BCUT2D eigenvalue weighted by molar-refractivity contribution is -0.156. The van der Waals surface area contributed by atoms with E-state index in [-0.39, 0.29) is 24.5 Å². The molecule has 0 spiro atoms. The molecule has 1 amide bonds. The van der Waals surface area contributed by atoms with E-state index in [0.717, 1.165) is 0 Å². The van der Waals surface area contributed by atoms with Crippen molar-refractivity contribution in [2.75, 3.05) is 25.1 Å². The van der Waals surface area contributed by atoms with Gasteiger partial charge in [0.15, 0.2) is 18.1 Å². The van der Waals surface area contributed by atoms with Crippen LogP contribution in [0.15, 0.2) is 48.5 Å². The molecular formula is C20H19NO7. The topological polar surface area (TPSA) is 100 Å². The third-order valence-corrected chi connectivity index (χ3v) is 3.81. The first-order valence-corrected chi connectivity index (χ1v) is 8.69. The van der Waals surface area contributed by atoms with Crippen molar-refractivity contribution in [3.8, 4) is 11.5 Å². The maximum Gasteiger partial charge on any atom is 0.351 e. The zero-order valence-corrected chi connectivity index (χ0v) is 15.2. The van der Waals surface area contributed by atoms with Crippen LogP contribution in [0.5, 0.6) is 11.5 Å². The summed E-state index contributed by atoms with van der Waals surface area (Å²) in [5.74, 6) is -0.893. The number of rotatable bonds is 6. The van der Waals surface area contributed by atoms with Crippen LogP contribution in [-0.4, -0.2) is 43.8 Å². The molecule has 0 saturated carbocycles. The molecule has 1 N–H and O–H groups in total. The lowest BCUT2D eigenvalue weighted by Crippen LogP contribution is -2.39. The molecule has 0 bridgehead atoms. The van der Waals surface area contributed by atoms with E-state index in [2.05, 4.69) is 5.32 Å². The van der Waals surface area contributed by atoms with E-state index in [1.807, 2.05) is 0 Å². The molecule has 1 aliphatic rings. The van der Waals surface area contributed by atoms with Gasteiger partial charge in [-0.1, -0.05) is 24.3 Å². The second kappa shape index (κ2) is 8.90. The van der Waals surface area contributed by atoms with Gasteiger partial charge >= 0.3 is 11.9 Å². The summed E-state index contributed by atoms with van der Waals surface area (Å²) < 4.78 is 20.9. The molecule has 146 valence electrons. The summed E-state index contributed by atoms with van der Waals surface area (Å²) in [5, 5.41) is 2.53. The zero-order valence-electron chi connectivity index (χ0n) is 15.2. The van der Waals surface area contributed by atoms with Gasteiger partial charge in [-0.2, -0.15) is 0 Å². The molecule has 0 saturated heterocycles. The van der Waals surface area contributed by atoms with Gasteiger partial charge in [0.05, 0.1) is 17.9 Å². The van der Waals surface area contributed by atoms with Gasteiger partial charge in [-0.25, -0.2) is 9.59 Å². The molecule has 1 atom stereocenters. The Morgan fingerprint density at radius 3 is 2.54 bits per heavy atom. The first-order valence-electron chi connectivity index (χ1n) is 8.69. The third kappa shape index (κ3) is 4.59. The number of carbonyl (C=O) groups excluding carboxylic acids is 3. The SMILES string of the molecule is CCOC(=O)c1ccccc1NC(=O)COC(=O)[C@@H]1COc2ccccc2O1. The number of esters is 2. The van der Waals surface area contributed by atoms with Crippen LogP contribution >= 0.6 is 0 Å². The van der Waals surface area contributed by atoms with Crippen molar-refractivity contribution in [1.29, 1.82) is 0 Å². The van der Waals surface area contributed by atoms with E-state index in [1.165, 1.54) is 6.07 Å². The molecular weight excluding hydrogens is 366 g/mol. The first-order chi connectivity index (χ1) is 13.6. The number of amides is 1. The fraction of sp³-hybridized carbons (Fsp3) is 0.250. The maximum atomic E-state index is 12.1. The minimum Gasteiger partial charge on any atom is -0.485 e. The summed E-state index contributed by atoms with van der Waals surface area (Å²) in [6.07, 6.45) is -0.963. The second-order valence-corrected chi connectivity index (χ2v) is 5.79. The average molecular weight is 385 g/mol. The first kappa shape index (κ1) is 19.2. The summed E-state index contributed by atoms with van der Waals surface area (Å²) in [6, 6.07) is 13.4. The minimum atomic E-state index is -0.963. The van der Waals surface area contributed by atoms with Crippen LogP contribution in [0.4, 0.5) is 5.69 Å². The van der Waals surface area contributed by atoms with Crippen molar-refractivity contribution in [2.24, 2.45) is 0 Å². The smallest absolute Gasteiger partial charge is 0.351 e. The van der Waals surface area contributed by atoms with Crippen LogP contribution in [0.25, 0.3) is 0 Å². The highest BCUT2D eigenvalue weighted by molar-refractivity contribution is 6.01. The molecule has 1 aliphatic heterocycles. The molecule has 0 fully saturated rings. The quantitative estimate of drug-likeness (QED) is 0.761. The molecule has 0 aliphatic carbocycles. The summed E-state index contributed by atoms with van der Waals surface area (Å²) in [7, 11) is 0. The molecule has 0 radical (unpaired) electrons. The molecule has 2 aromatic carbocycles. The largest absolute Gasteiger partial charge is 0.485 e. The number of carbonyl (C=O) groups is 3. The number of hydrogen-bond acceptors (Lipinski definition) is 7. The summed E-state index contributed by atoms with van der Waals surface area (Å²) in [5.41, 5.74) is 0.484. The minimum absolute atomic E-state index is 0.0108. The lowest BCUT2D eigenvalue weighted by Gasteiger charge is -2.24. The van der Waals surface area contributed by atoms with Gasteiger partial charge in [-0.3, -0.25) is 4.79 Å². The number of hydrogen-bond donors (Lipinski definition) is 1. The van der Waals surface area contributed by atoms with E-state index >= 15 is 0 Å². The number of benzene rings is 2. The Morgan fingerprint density at radius 1 is 1.04 bits per heavy atom. The van der Waals surface area contributed by atoms with Crippen LogP contribution in [0.2, 0.25) is 0 Å².